The minimum Gasteiger partial charge on any atom is -0.481 e. The Bertz CT molecular complexity index is 1070. The monoisotopic (exact) mass is 421 g/mol. The lowest BCUT2D eigenvalue weighted by atomic mass is 9.93. The maximum atomic E-state index is 5.68. The molecule has 0 aromatic carbocycles. The van der Waals surface area contributed by atoms with E-state index in [1.165, 1.54) is 19.3 Å². The van der Waals surface area contributed by atoms with E-state index in [0.717, 1.165) is 52.2 Å². The van der Waals surface area contributed by atoms with E-state index in [1.807, 2.05) is 0 Å². The zero-order valence-corrected chi connectivity index (χ0v) is 19.7. The number of nitrogens with zero attached hydrogens (tertiary/aromatic N) is 4. The third kappa shape index (κ3) is 4.18. The quantitative estimate of drug-likeness (QED) is 0.542. The lowest BCUT2D eigenvalue weighted by molar-refractivity contribution is 0.316. The highest BCUT2D eigenvalue weighted by atomic mass is 16.5. The molecule has 0 bridgehead atoms. The Morgan fingerprint density at radius 2 is 1.94 bits per heavy atom. The summed E-state index contributed by atoms with van der Waals surface area (Å²) in [5.74, 6) is 1.01. The standard InChI is InChI=1S/C25H35N5O/c1-7-22-21(19-11-12-23(15(2)3)28-25(19)31-6)13-20-17(5)29-30(24(20)27-22)16(4)14-26-18-9-8-10-18/h11-13,15-16,18,26H,7-10,14H2,1-6H3. The molecule has 0 aliphatic heterocycles. The van der Waals surface area contributed by atoms with Crippen LogP contribution in [0.4, 0.5) is 0 Å². The number of rotatable bonds is 8. The van der Waals surface area contributed by atoms with Gasteiger partial charge >= 0.3 is 0 Å². The van der Waals surface area contributed by atoms with Gasteiger partial charge in [-0.25, -0.2) is 14.6 Å². The van der Waals surface area contributed by atoms with Crippen LogP contribution in [0.2, 0.25) is 0 Å². The predicted molar refractivity (Wildman–Crippen MR) is 126 cm³/mol. The van der Waals surface area contributed by atoms with Gasteiger partial charge in [-0.05, 0) is 57.2 Å². The molecule has 0 saturated heterocycles. The molecule has 0 amide bonds. The molecule has 3 aromatic rings. The van der Waals surface area contributed by atoms with Gasteiger partial charge in [-0.1, -0.05) is 27.2 Å². The molecule has 3 aromatic heterocycles. The second kappa shape index (κ2) is 8.95. The van der Waals surface area contributed by atoms with E-state index in [0.29, 0.717) is 17.8 Å². The molecule has 1 aliphatic rings. The number of aromatic nitrogens is 4. The van der Waals surface area contributed by atoms with Crippen molar-refractivity contribution >= 4 is 11.0 Å². The predicted octanol–water partition coefficient (Wildman–Crippen LogP) is 5.20. The Morgan fingerprint density at radius 3 is 2.55 bits per heavy atom. The Labute approximate surface area is 185 Å². The fourth-order valence-electron chi connectivity index (χ4n) is 4.23. The lowest BCUT2D eigenvalue weighted by Gasteiger charge is -2.28. The SMILES string of the molecule is CCc1nc2c(cc1-c1ccc(C(C)C)nc1OC)c(C)nn2C(C)CNC1CCC1. The summed E-state index contributed by atoms with van der Waals surface area (Å²) in [5.41, 5.74) is 6.12. The van der Waals surface area contributed by atoms with E-state index in [2.05, 4.69) is 62.8 Å². The Morgan fingerprint density at radius 1 is 1.16 bits per heavy atom. The molecule has 1 aliphatic carbocycles. The molecule has 1 fully saturated rings. The first-order chi connectivity index (χ1) is 14.9. The summed E-state index contributed by atoms with van der Waals surface area (Å²) in [4.78, 5) is 9.85. The van der Waals surface area contributed by atoms with Gasteiger partial charge < -0.3 is 10.1 Å². The van der Waals surface area contributed by atoms with Gasteiger partial charge in [-0.3, -0.25) is 0 Å². The van der Waals surface area contributed by atoms with Gasteiger partial charge in [0.2, 0.25) is 5.88 Å². The number of ether oxygens (including phenoxy) is 1. The number of hydrogen-bond donors (Lipinski definition) is 1. The number of pyridine rings is 2. The Balaban J connectivity index is 1.75. The van der Waals surface area contributed by atoms with Crippen LogP contribution >= 0.6 is 0 Å². The number of hydrogen-bond acceptors (Lipinski definition) is 5. The van der Waals surface area contributed by atoms with Crippen molar-refractivity contribution in [2.24, 2.45) is 0 Å². The van der Waals surface area contributed by atoms with Crippen LogP contribution < -0.4 is 10.1 Å². The Hall–Kier alpha value is -2.47. The summed E-state index contributed by atoms with van der Waals surface area (Å²) in [6.45, 7) is 11.6. The van der Waals surface area contributed by atoms with Crippen molar-refractivity contribution in [2.75, 3.05) is 13.7 Å². The molecule has 1 unspecified atom stereocenters. The zero-order valence-electron chi connectivity index (χ0n) is 19.7. The van der Waals surface area contributed by atoms with E-state index < -0.39 is 0 Å². The summed E-state index contributed by atoms with van der Waals surface area (Å²) in [6.07, 6.45) is 4.76. The van der Waals surface area contributed by atoms with E-state index in [-0.39, 0.29) is 6.04 Å². The van der Waals surface area contributed by atoms with Crippen molar-refractivity contribution < 1.29 is 4.74 Å². The van der Waals surface area contributed by atoms with Gasteiger partial charge in [-0.2, -0.15) is 5.10 Å². The summed E-state index contributed by atoms with van der Waals surface area (Å²) in [6, 6.07) is 7.36. The molecule has 166 valence electrons. The summed E-state index contributed by atoms with van der Waals surface area (Å²) < 4.78 is 7.77. The van der Waals surface area contributed by atoms with Crippen LogP contribution in [0, 0.1) is 6.92 Å². The van der Waals surface area contributed by atoms with Crippen LogP contribution in [0.3, 0.4) is 0 Å². The first-order valence-corrected chi connectivity index (χ1v) is 11.6. The molecule has 4 rings (SSSR count). The average molecular weight is 422 g/mol. The number of nitrogens with one attached hydrogen (secondary N) is 1. The molecule has 3 heterocycles. The van der Waals surface area contributed by atoms with Crippen LogP contribution in [-0.2, 0) is 6.42 Å². The minimum atomic E-state index is 0.251. The van der Waals surface area contributed by atoms with Gasteiger partial charge in [0, 0.05) is 34.8 Å². The molecule has 31 heavy (non-hydrogen) atoms. The first kappa shape index (κ1) is 21.8. The van der Waals surface area contributed by atoms with E-state index in [1.54, 1.807) is 7.11 Å². The lowest BCUT2D eigenvalue weighted by Crippen LogP contribution is -2.38. The fourth-order valence-corrected chi connectivity index (χ4v) is 4.23. The van der Waals surface area contributed by atoms with Crippen molar-refractivity contribution in [3.8, 4) is 17.0 Å². The summed E-state index contributed by atoms with van der Waals surface area (Å²) in [5, 5.41) is 9.64. The molecule has 6 nitrogen and oxygen atoms in total. The van der Waals surface area contributed by atoms with E-state index in [4.69, 9.17) is 19.8 Å². The third-order valence-corrected chi connectivity index (χ3v) is 6.46. The molecule has 0 spiro atoms. The third-order valence-electron chi connectivity index (χ3n) is 6.46. The minimum absolute atomic E-state index is 0.251. The van der Waals surface area contributed by atoms with Crippen LogP contribution in [0.15, 0.2) is 18.2 Å². The molecule has 1 saturated carbocycles. The molecule has 1 atom stereocenters. The van der Waals surface area contributed by atoms with Crippen LogP contribution in [-0.4, -0.2) is 39.4 Å². The smallest absolute Gasteiger partial charge is 0.221 e. The van der Waals surface area contributed by atoms with Gasteiger partial charge in [0.05, 0.1) is 24.5 Å². The Kier molecular flexibility index (Phi) is 6.28. The van der Waals surface area contributed by atoms with Gasteiger partial charge in [-0.15, -0.1) is 0 Å². The van der Waals surface area contributed by atoms with Crippen LogP contribution in [0.1, 0.15) is 76.0 Å². The highest BCUT2D eigenvalue weighted by molar-refractivity contribution is 5.86. The number of fused-ring (bicyclic) bond motifs is 1. The topological polar surface area (TPSA) is 64.9 Å². The number of methoxy groups -OCH3 is 1. The summed E-state index contributed by atoms with van der Waals surface area (Å²) in [7, 11) is 1.69. The van der Waals surface area contributed by atoms with E-state index in [9.17, 15) is 0 Å². The highest BCUT2D eigenvalue weighted by Gasteiger charge is 2.22. The van der Waals surface area contributed by atoms with Crippen molar-refractivity contribution in [1.82, 2.24) is 25.1 Å². The van der Waals surface area contributed by atoms with Crippen molar-refractivity contribution in [3.63, 3.8) is 0 Å². The maximum Gasteiger partial charge on any atom is 0.221 e. The zero-order chi connectivity index (χ0) is 22.1. The van der Waals surface area contributed by atoms with Crippen LogP contribution in [0.5, 0.6) is 5.88 Å². The van der Waals surface area contributed by atoms with Gasteiger partial charge in [0.15, 0.2) is 5.65 Å². The molecule has 6 heteroatoms. The first-order valence-electron chi connectivity index (χ1n) is 11.6. The fraction of sp³-hybridized carbons (Fsp3) is 0.560. The highest BCUT2D eigenvalue weighted by Crippen LogP contribution is 2.35. The van der Waals surface area contributed by atoms with Crippen LogP contribution in [0.25, 0.3) is 22.2 Å². The van der Waals surface area contributed by atoms with Crippen molar-refractivity contribution in [2.45, 2.75) is 78.3 Å². The number of aryl methyl sites for hydroxylation is 2. The van der Waals surface area contributed by atoms with Gasteiger partial charge in [0.25, 0.3) is 0 Å². The molecular weight excluding hydrogens is 386 g/mol. The largest absolute Gasteiger partial charge is 0.481 e. The van der Waals surface area contributed by atoms with E-state index >= 15 is 0 Å². The molecule has 1 N–H and O–H groups in total. The molecule has 0 radical (unpaired) electrons. The van der Waals surface area contributed by atoms with Crippen molar-refractivity contribution in [3.05, 3.63) is 35.3 Å². The second-order valence-electron chi connectivity index (χ2n) is 9.07. The normalized spacial score (nSPS) is 15.5. The van der Waals surface area contributed by atoms with Gasteiger partial charge in [0.1, 0.15) is 0 Å². The van der Waals surface area contributed by atoms with Crippen molar-refractivity contribution in [1.29, 1.82) is 0 Å². The second-order valence-corrected chi connectivity index (χ2v) is 9.07. The average Bonchev–Trinajstić information content (AvgIpc) is 3.06. The maximum absolute atomic E-state index is 5.68. The molecular formula is C25H35N5O. The summed E-state index contributed by atoms with van der Waals surface area (Å²) >= 11 is 0.